The second-order valence-electron chi connectivity index (χ2n) is 6.68. The van der Waals surface area contributed by atoms with Gasteiger partial charge in [0.1, 0.15) is 0 Å². The van der Waals surface area contributed by atoms with Gasteiger partial charge in [0.25, 0.3) is 0 Å². The molecule has 0 saturated carbocycles. The molecule has 0 radical (unpaired) electrons. The number of carbonyl (C=O) groups excluding carboxylic acids is 3. The lowest BCUT2D eigenvalue weighted by Crippen LogP contribution is -2.36. The van der Waals surface area contributed by atoms with E-state index < -0.39 is 0 Å². The van der Waals surface area contributed by atoms with Crippen molar-refractivity contribution in [3.8, 4) is 0 Å². The van der Waals surface area contributed by atoms with Crippen molar-refractivity contribution in [2.75, 3.05) is 29.9 Å². The number of hydrogen-bond donors (Lipinski definition) is 3. The first-order valence-corrected chi connectivity index (χ1v) is 9.30. The maximum atomic E-state index is 12.8. The minimum absolute atomic E-state index is 0. The van der Waals surface area contributed by atoms with Crippen molar-refractivity contribution in [1.82, 2.24) is 5.32 Å². The van der Waals surface area contributed by atoms with Crippen molar-refractivity contribution >= 4 is 41.5 Å². The zero-order valence-corrected chi connectivity index (χ0v) is 16.8. The molecule has 154 valence electrons. The van der Waals surface area contributed by atoms with Gasteiger partial charge in [0.05, 0.1) is 19.5 Å². The highest BCUT2D eigenvalue weighted by molar-refractivity contribution is 5.96. The molecule has 29 heavy (non-hydrogen) atoms. The molecule has 1 aliphatic rings. The summed E-state index contributed by atoms with van der Waals surface area (Å²) in [6.07, 6.45) is 2.27. The van der Waals surface area contributed by atoms with Gasteiger partial charge >= 0.3 is 0 Å². The van der Waals surface area contributed by atoms with Crippen LogP contribution in [0.25, 0.3) is 0 Å². The van der Waals surface area contributed by atoms with Crippen molar-refractivity contribution < 1.29 is 14.4 Å². The van der Waals surface area contributed by atoms with E-state index in [1.54, 1.807) is 12.1 Å². The Hall–Kier alpha value is -2.90. The smallest absolute Gasteiger partial charge is 0.243 e. The summed E-state index contributed by atoms with van der Waals surface area (Å²) in [5.74, 6) is -0.660. The van der Waals surface area contributed by atoms with Crippen molar-refractivity contribution in [1.29, 1.82) is 0 Å². The molecule has 2 aromatic rings. The Balaban J connectivity index is 0.00000300. The largest absolute Gasteiger partial charge is 0.346 e. The van der Waals surface area contributed by atoms with E-state index in [0.29, 0.717) is 12.1 Å². The normalized spacial score (nSPS) is 12.4. The fourth-order valence-electron chi connectivity index (χ4n) is 3.22. The monoisotopic (exact) mass is 416 g/mol. The molecule has 2 aromatic carbocycles. The van der Waals surface area contributed by atoms with Gasteiger partial charge in [0.15, 0.2) is 0 Å². The number of rotatable bonds is 6. The quantitative estimate of drug-likeness (QED) is 0.665. The Morgan fingerprint density at radius 2 is 1.72 bits per heavy atom. The molecule has 1 aliphatic heterocycles. The van der Waals surface area contributed by atoms with Crippen LogP contribution in [-0.2, 0) is 27.2 Å². The van der Waals surface area contributed by atoms with Crippen molar-refractivity contribution in [2.24, 2.45) is 5.73 Å². The number of nitrogens with two attached hydrogens (primary N) is 1. The van der Waals surface area contributed by atoms with Crippen LogP contribution in [0.2, 0.25) is 0 Å². The standard InChI is InChI=1S/C21H24N4O3.ClH/c22-13-19(26)23-14-20(27)24-17-9-7-15(8-10-17)12-21(28)25-11-3-5-16-4-1-2-6-18(16)25;/h1-2,4,6-10H,3,5,11-14,22H2,(H,23,26)(H,24,27);1H. The Kier molecular flexibility index (Phi) is 8.18. The number of aryl methyl sites for hydroxylation is 1. The van der Waals surface area contributed by atoms with Crippen LogP contribution in [0, 0.1) is 0 Å². The van der Waals surface area contributed by atoms with Gasteiger partial charge in [-0.3, -0.25) is 14.4 Å². The Morgan fingerprint density at radius 3 is 2.45 bits per heavy atom. The van der Waals surface area contributed by atoms with Crippen molar-refractivity contribution in [2.45, 2.75) is 19.3 Å². The minimum atomic E-state index is -0.386. The molecule has 0 aromatic heterocycles. The molecule has 0 unspecified atom stereocenters. The summed E-state index contributed by atoms with van der Waals surface area (Å²) in [6, 6.07) is 15.2. The maximum absolute atomic E-state index is 12.8. The van der Waals surface area contributed by atoms with E-state index in [4.69, 9.17) is 5.73 Å². The summed E-state index contributed by atoms with van der Waals surface area (Å²) in [5, 5.41) is 5.10. The fraction of sp³-hybridized carbons (Fsp3) is 0.286. The first kappa shape index (κ1) is 22.4. The van der Waals surface area contributed by atoms with Crippen LogP contribution in [0.15, 0.2) is 48.5 Å². The number of amides is 3. The van der Waals surface area contributed by atoms with Crippen LogP contribution in [0.4, 0.5) is 11.4 Å². The Morgan fingerprint density at radius 1 is 1.00 bits per heavy atom. The number of fused-ring (bicyclic) bond motifs is 1. The number of benzene rings is 2. The van der Waals surface area contributed by atoms with Gasteiger partial charge < -0.3 is 21.3 Å². The predicted molar refractivity (Wildman–Crippen MR) is 115 cm³/mol. The van der Waals surface area contributed by atoms with E-state index >= 15 is 0 Å². The molecule has 8 heteroatoms. The summed E-state index contributed by atoms with van der Waals surface area (Å²) < 4.78 is 0. The van der Waals surface area contributed by atoms with Crippen LogP contribution in [0.1, 0.15) is 17.5 Å². The van der Waals surface area contributed by atoms with Crippen LogP contribution in [-0.4, -0.2) is 37.4 Å². The summed E-state index contributed by atoms with van der Waals surface area (Å²) >= 11 is 0. The molecule has 3 rings (SSSR count). The fourth-order valence-corrected chi connectivity index (χ4v) is 3.22. The van der Waals surface area contributed by atoms with Gasteiger partial charge in [-0.15, -0.1) is 12.4 Å². The van der Waals surface area contributed by atoms with Gasteiger partial charge in [-0.25, -0.2) is 0 Å². The van der Waals surface area contributed by atoms with Gasteiger partial charge in [-0.05, 0) is 42.2 Å². The lowest BCUT2D eigenvalue weighted by Gasteiger charge is -2.29. The Labute approximate surface area is 176 Å². The zero-order chi connectivity index (χ0) is 19.9. The number of anilines is 2. The molecule has 0 saturated heterocycles. The molecule has 0 aliphatic carbocycles. The third kappa shape index (κ3) is 6.04. The summed E-state index contributed by atoms with van der Waals surface area (Å²) in [6.45, 7) is 0.445. The molecule has 0 bridgehead atoms. The first-order valence-electron chi connectivity index (χ1n) is 9.30. The molecule has 0 spiro atoms. The molecule has 1 heterocycles. The molecule has 3 amide bonds. The average Bonchev–Trinajstić information content (AvgIpc) is 2.73. The third-order valence-electron chi connectivity index (χ3n) is 4.64. The minimum Gasteiger partial charge on any atom is -0.346 e. The number of halogens is 1. The molecular weight excluding hydrogens is 392 g/mol. The molecular formula is C21H25ClN4O3. The van der Waals surface area contributed by atoms with E-state index in [2.05, 4.69) is 16.7 Å². The van der Waals surface area contributed by atoms with Gasteiger partial charge in [-0.2, -0.15) is 0 Å². The highest BCUT2D eigenvalue weighted by Crippen LogP contribution is 2.27. The molecule has 0 fully saturated rings. The second kappa shape index (κ2) is 10.6. The third-order valence-corrected chi connectivity index (χ3v) is 4.64. The van der Waals surface area contributed by atoms with Crippen molar-refractivity contribution in [3.05, 3.63) is 59.7 Å². The van der Waals surface area contributed by atoms with Crippen LogP contribution in [0.5, 0.6) is 0 Å². The predicted octanol–water partition coefficient (Wildman–Crippen LogP) is 1.64. The topological polar surface area (TPSA) is 105 Å². The number of nitrogens with zero attached hydrogens (tertiary/aromatic N) is 1. The van der Waals surface area contributed by atoms with Gasteiger partial charge in [0, 0.05) is 17.9 Å². The van der Waals surface area contributed by atoms with Crippen LogP contribution >= 0.6 is 12.4 Å². The summed E-state index contributed by atoms with van der Waals surface area (Å²) in [7, 11) is 0. The van der Waals surface area contributed by atoms with E-state index in [1.807, 2.05) is 35.2 Å². The number of para-hydroxylation sites is 1. The van der Waals surface area contributed by atoms with E-state index in [0.717, 1.165) is 30.6 Å². The lowest BCUT2D eigenvalue weighted by molar-refractivity contribution is -0.123. The van der Waals surface area contributed by atoms with E-state index in [9.17, 15) is 14.4 Å². The maximum Gasteiger partial charge on any atom is 0.243 e. The average molecular weight is 417 g/mol. The zero-order valence-electron chi connectivity index (χ0n) is 16.0. The van der Waals surface area contributed by atoms with Crippen LogP contribution in [0.3, 0.4) is 0 Å². The van der Waals surface area contributed by atoms with E-state index in [1.165, 1.54) is 5.56 Å². The number of nitrogens with one attached hydrogen (secondary N) is 2. The highest BCUT2D eigenvalue weighted by atomic mass is 35.5. The molecule has 4 N–H and O–H groups in total. The number of carbonyl (C=O) groups is 3. The SMILES string of the molecule is Cl.NCC(=O)NCC(=O)Nc1ccc(CC(=O)N2CCCc3ccccc32)cc1. The second-order valence-corrected chi connectivity index (χ2v) is 6.68. The van der Waals surface area contributed by atoms with Gasteiger partial charge in [0.2, 0.25) is 17.7 Å². The Bertz CT molecular complexity index is 870. The molecule has 7 nitrogen and oxygen atoms in total. The van der Waals surface area contributed by atoms with Crippen molar-refractivity contribution in [3.63, 3.8) is 0 Å². The van der Waals surface area contributed by atoms with E-state index in [-0.39, 0.29) is 43.2 Å². The molecule has 0 atom stereocenters. The first-order chi connectivity index (χ1) is 13.6. The number of hydrogen-bond acceptors (Lipinski definition) is 4. The van der Waals surface area contributed by atoms with Crippen LogP contribution < -0.4 is 21.3 Å². The summed E-state index contributed by atoms with van der Waals surface area (Å²) in [5.41, 5.74) is 8.87. The lowest BCUT2D eigenvalue weighted by atomic mass is 10.0. The summed E-state index contributed by atoms with van der Waals surface area (Å²) in [4.78, 5) is 37.5. The highest BCUT2D eigenvalue weighted by Gasteiger charge is 2.22. The van der Waals surface area contributed by atoms with Gasteiger partial charge in [-0.1, -0.05) is 30.3 Å².